The third-order valence-electron chi connectivity index (χ3n) is 3.19. The molecule has 1 amide bonds. The summed E-state index contributed by atoms with van der Waals surface area (Å²) in [4.78, 5) is 11.8. The van der Waals surface area contributed by atoms with Crippen LogP contribution < -0.4 is 14.8 Å². The maximum atomic E-state index is 11.8. The molecule has 1 heterocycles. The summed E-state index contributed by atoms with van der Waals surface area (Å²) in [7, 11) is 3.16. The summed E-state index contributed by atoms with van der Waals surface area (Å²) in [6.45, 7) is 4.82. The molecule has 0 atom stereocenters. The van der Waals surface area contributed by atoms with E-state index in [-0.39, 0.29) is 11.3 Å². The summed E-state index contributed by atoms with van der Waals surface area (Å²) in [5, 5.41) is 2.88. The smallest absolute Gasteiger partial charge is 0.251 e. The van der Waals surface area contributed by atoms with Gasteiger partial charge in [-0.2, -0.15) is 0 Å². The van der Waals surface area contributed by atoms with E-state index in [1.54, 1.807) is 20.3 Å². The van der Waals surface area contributed by atoms with Gasteiger partial charge in [-0.25, -0.2) is 0 Å². The lowest BCUT2D eigenvalue weighted by Gasteiger charge is -2.33. The van der Waals surface area contributed by atoms with Crippen LogP contribution in [0.5, 0.6) is 11.5 Å². The van der Waals surface area contributed by atoms with Gasteiger partial charge in [0.05, 0.1) is 14.2 Å². The number of rotatable bonds is 2. The van der Waals surface area contributed by atoms with Crippen molar-refractivity contribution < 1.29 is 14.3 Å². The zero-order valence-electron chi connectivity index (χ0n) is 10.6. The van der Waals surface area contributed by atoms with Gasteiger partial charge in [-0.3, -0.25) is 4.79 Å². The van der Waals surface area contributed by atoms with Crippen LogP contribution in [-0.2, 0) is 5.41 Å². The van der Waals surface area contributed by atoms with Crippen LogP contribution in [0.1, 0.15) is 29.8 Å². The Balaban J connectivity index is 2.65. The maximum absolute atomic E-state index is 11.8. The standard InChI is InChI=1S/C13H17NO3/c1-13(2)7-14-12(15)8-5-10(16-3)11(17-4)6-9(8)13/h5-6H,7H2,1-4H3,(H,14,15). The topological polar surface area (TPSA) is 47.6 Å². The van der Waals surface area contributed by atoms with Crippen molar-refractivity contribution in [2.45, 2.75) is 19.3 Å². The minimum absolute atomic E-state index is 0.0553. The summed E-state index contributed by atoms with van der Waals surface area (Å²) in [5.74, 6) is 1.19. The molecule has 0 aliphatic carbocycles. The van der Waals surface area contributed by atoms with E-state index in [0.29, 0.717) is 23.6 Å². The van der Waals surface area contributed by atoms with E-state index in [9.17, 15) is 4.79 Å². The number of methoxy groups -OCH3 is 2. The van der Waals surface area contributed by atoms with E-state index in [1.807, 2.05) is 6.07 Å². The van der Waals surface area contributed by atoms with Gasteiger partial charge in [0, 0.05) is 17.5 Å². The number of carbonyl (C=O) groups is 1. The van der Waals surface area contributed by atoms with Crippen molar-refractivity contribution in [1.82, 2.24) is 5.32 Å². The molecule has 0 radical (unpaired) electrons. The number of nitrogens with one attached hydrogen (secondary N) is 1. The SMILES string of the molecule is COc1cc2c(cc1OC)C(C)(C)CNC2=O. The Labute approximate surface area is 101 Å². The first kappa shape index (κ1) is 11.8. The normalized spacial score (nSPS) is 17.1. The molecule has 17 heavy (non-hydrogen) atoms. The van der Waals surface area contributed by atoms with Gasteiger partial charge in [-0.1, -0.05) is 13.8 Å². The minimum Gasteiger partial charge on any atom is -0.493 e. The Morgan fingerprint density at radius 3 is 2.35 bits per heavy atom. The lowest BCUT2D eigenvalue weighted by atomic mass is 9.79. The summed E-state index contributed by atoms with van der Waals surface area (Å²) in [6, 6.07) is 3.64. The quantitative estimate of drug-likeness (QED) is 0.849. The van der Waals surface area contributed by atoms with Crippen LogP contribution in [0, 0.1) is 0 Å². The number of fused-ring (bicyclic) bond motifs is 1. The second-order valence-corrected chi connectivity index (χ2v) is 4.82. The second-order valence-electron chi connectivity index (χ2n) is 4.82. The van der Waals surface area contributed by atoms with Crippen LogP contribution in [0.15, 0.2) is 12.1 Å². The highest BCUT2D eigenvalue weighted by molar-refractivity contribution is 5.98. The van der Waals surface area contributed by atoms with Crippen LogP contribution >= 0.6 is 0 Å². The Bertz CT molecular complexity index is 466. The molecule has 4 heteroatoms. The number of amides is 1. The molecule has 0 spiro atoms. The third-order valence-corrected chi connectivity index (χ3v) is 3.19. The van der Waals surface area contributed by atoms with E-state index in [2.05, 4.69) is 19.2 Å². The molecule has 1 aliphatic heterocycles. The highest BCUT2D eigenvalue weighted by atomic mass is 16.5. The van der Waals surface area contributed by atoms with Crippen molar-refractivity contribution in [3.63, 3.8) is 0 Å². The molecule has 4 nitrogen and oxygen atoms in total. The third kappa shape index (κ3) is 1.84. The predicted molar refractivity (Wildman–Crippen MR) is 64.9 cm³/mol. The van der Waals surface area contributed by atoms with Crippen molar-refractivity contribution in [2.75, 3.05) is 20.8 Å². The van der Waals surface area contributed by atoms with E-state index in [4.69, 9.17) is 9.47 Å². The van der Waals surface area contributed by atoms with Gasteiger partial charge < -0.3 is 14.8 Å². The number of ether oxygens (including phenoxy) is 2. The molecule has 1 N–H and O–H groups in total. The molecular formula is C13H17NO3. The number of hydrogen-bond donors (Lipinski definition) is 1. The molecule has 0 saturated heterocycles. The zero-order valence-corrected chi connectivity index (χ0v) is 10.6. The van der Waals surface area contributed by atoms with Crippen LogP contribution in [0.3, 0.4) is 0 Å². The average molecular weight is 235 g/mol. The van der Waals surface area contributed by atoms with E-state index < -0.39 is 0 Å². The van der Waals surface area contributed by atoms with Crippen LogP contribution in [0.4, 0.5) is 0 Å². The molecule has 0 bridgehead atoms. The lowest BCUT2D eigenvalue weighted by molar-refractivity contribution is 0.0929. The van der Waals surface area contributed by atoms with Gasteiger partial charge >= 0.3 is 0 Å². The minimum atomic E-state index is -0.0944. The van der Waals surface area contributed by atoms with Crippen LogP contribution in [0.25, 0.3) is 0 Å². The molecule has 1 aromatic rings. The Kier molecular flexibility index (Phi) is 2.73. The Hall–Kier alpha value is -1.71. The molecule has 2 rings (SSSR count). The van der Waals surface area contributed by atoms with Crippen molar-refractivity contribution in [2.24, 2.45) is 0 Å². The maximum Gasteiger partial charge on any atom is 0.251 e. The first-order valence-electron chi connectivity index (χ1n) is 5.54. The lowest BCUT2D eigenvalue weighted by Crippen LogP contribution is -2.43. The fraction of sp³-hybridized carbons (Fsp3) is 0.462. The highest BCUT2D eigenvalue weighted by Crippen LogP contribution is 2.37. The van der Waals surface area contributed by atoms with E-state index in [0.717, 1.165) is 5.56 Å². The fourth-order valence-corrected chi connectivity index (χ4v) is 2.12. The summed E-state index contributed by atoms with van der Waals surface area (Å²) >= 11 is 0. The largest absolute Gasteiger partial charge is 0.493 e. The summed E-state index contributed by atoms with van der Waals surface area (Å²) in [6.07, 6.45) is 0. The van der Waals surface area contributed by atoms with Gasteiger partial charge in [-0.15, -0.1) is 0 Å². The molecule has 92 valence electrons. The highest BCUT2D eigenvalue weighted by Gasteiger charge is 2.32. The van der Waals surface area contributed by atoms with Crippen LogP contribution in [0.2, 0.25) is 0 Å². The molecule has 1 aromatic carbocycles. The van der Waals surface area contributed by atoms with Crippen molar-refractivity contribution in [3.05, 3.63) is 23.3 Å². The summed E-state index contributed by atoms with van der Waals surface area (Å²) in [5.41, 5.74) is 1.57. The second kappa shape index (κ2) is 3.95. The number of benzene rings is 1. The van der Waals surface area contributed by atoms with E-state index >= 15 is 0 Å². The van der Waals surface area contributed by atoms with Crippen molar-refractivity contribution in [3.8, 4) is 11.5 Å². The van der Waals surface area contributed by atoms with Gasteiger partial charge in [0.25, 0.3) is 5.91 Å². The number of carbonyl (C=O) groups excluding carboxylic acids is 1. The zero-order chi connectivity index (χ0) is 12.6. The van der Waals surface area contributed by atoms with E-state index in [1.165, 1.54) is 0 Å². The monoisotopic (exact) mass is 235 g/mol. The molecule has 0 saturated carbocycles. The van der Waals surface area contributed by atoms with Gasteiger partial charge in [0.2, 0.25) is 0 Å². The molecular weight excluding hydrogens is 218 g/mol. The first-order valence-corrected chi connectivity index (χ1v) is 5.54. The molecule has 0 aromatic heterocycles. The molecule has 1 aliphatic rings. The molecule has 0 fully saturated rings. The Morgan fingerprint density at radius 2 is 1.76 bits per heavy atom. The number of hydrogen-bond acceptors (Lipinski definition) is 3. The summed E-state index contributed by atoms with van der Waals surface area (Å²) < 4.78 is 10.5. The first-order chi connectivity index (χ1) is 7.99. The van der Waals surface area contributed by atoms with Gasteiger partial charge in [-0.05, 0) is 17.7 Å². The molecule has 0 unspecified atom stereocenters. The van der Waals surface area contributed by atoms with Crippen molar-refractivity contribution in [1.29, 1.82) is 0 Å². The Morgan fingerprint density at radius 1 is 1.18 bits per heavy atom. The average Bonchev–Trinajstić information content (AvgIpc) is 2.33. The van der Waals surface area contributed by atoms with Crippen molar-refractivity contribution >= 4 is 5.91 Å². The fourth-order valence-electron chi connectivity index (χ4n) is 2.12. The van der Waals surface area contributed by atoms with Crippen LogP contribution in [-0.4, -0.2) is 26.7 Å². The predicted octanol–water partition coefficient (Wildman–Crippen LogP) is 1.72. The van der Waals surface area contributed by atoms with Gasteiger partial charge in [0.15, 0.2) is 11.5 Å². The van der Waals surface area contributed by atoms with Gasteiger partial charge in [0.1, 0.15) is 0 Å².